The molecule has 0 spiro atoms. The zero-order valence-corrected chi connectivity index (χ0v) is 20.2. The Morgan fingerprint density at radius 2 is 2.06 bits per heavy atom. The van der Waals surface area contributed by atoms with Gasteiger partial charge >= 0.3 is 5.97 Å². The summed E-state index contributed by atoms with van der Waals surface area (Å²) < 4.78 is 26.8. The van der Waals surface area contributed by atoms with Gasteiger partial charge < -0.3 is 30.1 Å². The van der Waals surface area contributed by atoms with E-state index in [4.69, 9.17) is 9.47 Å². The molecule has 5 aliphatic rings. The molecular formula is C25H36FN3O6. The Hall–Kier alpha value is -2.04. The Bertz CT molecular complexity index is 879. The van der Waals surface area contributed by atoms with E-state index in [2.05, 4.69) is 15.5 Å². The van der Waals surface area contributed by atoms with Crippen LogP contribution in [0.4, 0.5) is 4.39 Å². The highest BCUT2D eigenvalue weighted by Crippen LogP contribution is 2.45. The minimum absolute atomic E-state index is 0.00257. The number of amides is 1. The molecule has 1 saturated heterocycles. The number of alkyl halides is 1. The molecule has 8 unspecified atom stereocenters. The number of carbonyl (C=O) groups excluding carboxylic acids is 3. The Kier molecular flexibility index (Phi) is 7.14. The second-order valence-electron chi connectivity index (χ2n) is 10.6. The minimum atomic E-state index is -1.28. The fourth-order valence-electron chi connectivity index (χ4n) is 6.22. The van der Waals surface area contributed by atoms with Gasteiger partial charge in [0.25, 0.3) is 5.91 Å². The lowest BCUT2D eigenvalue weighted by atomic mass is 9.69. The van der Waals surface area contributed by atoms with Crippen LogP contribution in [-0.4, -0.2) is 90.0 Å². The molecule has 2 aliphatic heterocycles. The summed E-state index contributed by atoms with van der Waals surface area (Å²) in [6, 6.07) is -0.961. The maximum Gasteiger partial charge on any atom is 0.307 e. The van der Waals surface area contributed by atoms with Crippen LogP contribution in [0.15, 0.2) is 11.8 Å². The summed E-state index contributed by atoms with van der Waals surface area (Å²) in [4.78, 5) is 40.1. The first-order chi connectivity index (χ1) is 16.9. The van der Waals surface area contributed by atoms with Gasteiger partial charge in [-0.1, -0.05) is 0 Å². The third-order valence-corrected chi connectivity index (χ3v) is 8.14. The molecular weight excluding hydrogens is 457 g/mol. The zero-order valence-electron chi connectivity index (χ0n) is 20.2. The standard InChI is InChI=1S/C25H36FN3O6/c1-2-34-20(31)7-8-27-25(33)16-12-29-18-6-5-14(30)9-19(18)35-24-21(28-11-13-3-4-13)17(26)10-15(22(24)29)23(16)32/h12-15,17-19,21-22,24,28,30H,2-11H2,1H3,(H,27,33). The van der Waals surface area contributed by atoms with Crippen molar-refractivity contribution in [2.24, 2.45) is 11.8 Å². The molecule has 1 amide bonds. The first-order valence-corrected chi connectivity index (χ1v) is 13.1. The largest absolute Gasteiger partial charge is 0.466 e. The monoisotopic (exact) mass is 493 g/mol. The molecule has 0 radical (unpaired) electrons. The number of nitrogens with zero attached hydrogens (tertiary/aromatic N) is 1. The average molecular weight is 494 g/mol. The lowest BCUT2D eigenvalue weighted by molar-refractivity contribution is -0.205. The lowest BCUT2D eigenvalue weighted by Gasteiger charge is -2.59. The predicted molar refractivity (Wildman–Crippen MR) is 123 cm³/mol. The zero-order chi connectivity index (χ0) is 24.7. The number of esters is 1. The van der Waals surface area contributed by atoms with Crippen molar-refractivity contribution in [1.29, 1.82) is 0 Å². The Morgan fingerprint density at radius 1 is 1.26 bits per heavy atom. The summed E-state index contributed by atoms with van der Waals surface area (Å²) in [5, 5.41) is 16.3. The van der Waals surface area contributed by atoms with Gasteiger partial charge in [-0.05, 0) is 51.5 Å². The molecule has 4 fully saturated rings. The third kappa shape index (κ3) is 4.97. The highest BCUT2D eigenvalue weighted by atomic mass is 19.1. The smallest absolute Gasteiger partial charge is 0.307 e. The second-order valence-corrected chi connectivity index (χ2v) is 10.6. The summed E-state index contributed by atoms with van der Waals surface area (Å²) in [5.41, 5.74) is -0.00257. The van der Waals surface area contributed by atoms with Crippen LogP contribution in [0.1, 0.15) is 51.9 Å². The maximum atomic E-state index is 15.5. The van der Waals surface area contributed by atoms with Crippen molar-refractivity contribution >= 4 is 17.7 Å². The van der Waals surface area contributed by atoms with Gasteiger partial charge in [0.2, 0.25) is 0 Å². The second kappa shape index (κ2) is 10.1. The number of aliphatic hydroxyl groups is 1. The quantitative estimate of drug-likeness (QED) is 0.333. The van der Waals surface area contributed by atoms with Crippen molar-refractivity contribution in [3.63, 3.8) is 0 Å². The molecule has 0 aromatic carbocycles. The van der Waals surface area contributed by atoms with Crippen LogP contribution in [0, 0.1) is 11.8 Å². The Balaban J connectivity index is 1.38. The molecule has 0 aromatic rings. The number of halogens is 1. The maximum absolute atomic E-state index is 15.5. The Labute approximate surface area is 204 Å². The van der Waals surface area contributed by atoms with E-state index in [1.165, 1.54) is 0 Å². The van der Waals surface area contributed by atoms with Gasteiger partial charge in [-0.2, -0.15) is 0 Å². The fourth-order valence-corrected chi connectivity index (χ4v) is 6.22. The van der Waals surface area contributed by atoms with Gasteiger partial charge in [0.1, 0.15) is 6.17 Å². The summed E-state index contributed by atoms with van der Waals surface area (Å²) in [7, 11) is 0. The van der Waals surface area contributed by atoms with Crippen LogP contribution in [0.25, 0.3) is 0 Å². The topological polar surface area (TPSA) is 117 Å². The molecule has 3 saturated carbocycles. The third-order valence-electron chi connectivity index (χ3n) is 8.14. The number of rotatable bonds is 8. The van der Waals surface area contributed by atoms with E-state index in [0.29, 0.717) is 25.2 Å². The van der Waals surface area contributed by atoms with Crippen LogP contribution in [0.2, 0.25) is 0 Å². The van der Waals surface area contributed by atoms with Gasteiger partial charge in [0.15, 0.2) is 5.78 Å². The number of ether oxygens (including phenoxy) is 2. The molecule has 8 atom stereocenters. The van der Waals surface area contributed by atoms with Crippen LogP contribution >= 0.6 is 0 Å². The van der Waals surface area contributed by atoms with E-state index in [1.807, 2.05) is 0 Å². The van der Waals surface area contributed by atoms with Crippen LogP contribution in [0.5, 0.6) is 0 Å². The van der Waals surface area contributed by atoms with Crippen molar-refractivity contribution in [2.45, 2.75) is 94.5 Å². The van der Waals surface area contributed by atoms with Crippen molar-refractivity contribution in [2.75, 3.05) is 19.7 Å². The van der Waals surface area contributed by atoms with Crippen LogP contribution in [-0.2, 0) is 23.9 Å². The number of hydrogen-bond donors (Lipinski definition) is 3. The molecule has 0 aromatic heterocycles. The summed E-state index contributed by atoms with van der Waals surface area (Å²) in [6.45, 7) is 2.76. The van der Waals surface area contributed by atoms with Crippen molar-refractivity contribution in [3.8, 4) is 0 Å². The van der Waals surface area contributed by atoms with Crippen molar-refractivity contribution in [3.05, 3.63) is 11.8 Å². The number of nitrogens with one attached hydrogen (secondary N) is 2. The molecule has 3 N–H and O–H groups in total. The highest BCUT2D eigenvalue weighted by molar-refractivity contribution is 6.20. The summed E-state index contributed by atoms with van der Waals surface area (Å²) in [5.74, 6) is -1.46. The van der Waals surface area contributed by atoms with Crippen molar-refractivity contribution in [1.82, 2.24) is 15.5 Å². The van der Waals surface area contributed by atoms with Crippen LogP contribution < -0.4 is 10.6 Å². The van der Waals surface area contributed by atoms with E-state index in [0.717, 1.165) is 19.4 Å². The molecule has 5 rings (SSSR count). The number of hydrogen-bond acceptors (Lipinski definition) is 8. The highest BCUT2D eigenvalue weighted by Gasteiger charge is 2.58. The van der Waals surface area contributed by atoms with Gasteiger partial charge in [0, 0.05) is 25.1 Å². The van der Waals surface area contributed by atoms with Gasteiger partial charge in [-0.15, -0.1) is 0 Å². The van der Waals surface area contributed by atoms with Gasteiger partial charge in [-0.25, -0.2) is 4.39 Å². The lowest BCUT2D eigenvalue weighted by Crippen LogP contribution is -2.73. The first kappa shape index (κ1) is 24.6. The van der Waals surface area contributed by atoms with Crippen LogP contribution in [0.3, 0.4) is 0 Å². The van der Waals surface area contributed by atoms with Gasteiger partial charge in [0.05, 0.1) is 55.0 Å². The number of morpholine rings is 1. The molecule has 194 valence electrons. The number of fused-ring (bicyclic) bond motifs is 2. The fraction of sp³-hybridized carbons (Fsp3) is 0.800. The number of aliphatic hydroxyl groups excluding tert-OH is 1. The van der Waals surface area contributed by atoms with E-state index in [-0.39, 0.29) is 55.5 Å². The van der Waals surface area contributed by atoms with E-state index >= 15 is 4.39 Å². The summed E-state index contributed by atoms with van der Waals surface area (Å²) in [6.07, 6.45) is 3.11. The SMILES string of the molecule is CCOC(=O)CCNC(=O)C1=CN2C3CCC(O)CC3OC3C(NCC4CC4)C(F)CC(C1=O)C32. The Morgan fingerprint density at radius 3 is 2.80 bits per heavy atom. The number of carbonyl (C=O) groups is 3. The van der Waals surface area contributed by atoms with E-state index < -0.39 is 42.2 Å². The molecule has 10 heteroatoms. The molecule has 3 aliphatic carbocycles. The van der Waals surface area contributed by atoms with E-state index in [1.54, 1.807) is 13.1 Å². The number of ketones is 1. The van der Waals surface area contributed by atoms with Crippen molar-refractivity contribution < 1.29 is 33.4 Å². The first-order valence-electron chi connectivity index (χ1n) is 13.1. The molecule has 9 nitrogen and oxygen atoms in total. The predicted octanol–water partition coefficient (Wildman–Crippen LogP) is 0.600. The molecule has 2 heterocycles. The number of Topliss-reactive ketones (excluding diaryl/α,β-unsaturated/α-hetero) is 1. The molecule has 0 bridgehead atoms. The average Bonchev–Trinajstić information content (AvgIpc) is 3.64. The van der Waals surface area contributed by atoms with E-state index in [9.17, 15) is 19.5 Å². The summed E-state index contributed by atoms with van der Waals surface area (Å²) >= 11 is 0. The molecule has 35 heavy (non-hydrogen) atoms. The minimum Gasteiger partial charge on any atom is -0.466 e. The normalized spacial score (nSPS) is 38.2. The van der Waals surface area contributed by atoms with Gasteiger partial charge in [-0.3, -0.25) is 14.4 Å².